The van der Waals surface area contributed by atoms with Gasteiger partial charge in [0.1, 0.15) is 0 Å². The third-order valence-corrected chi connectivity index (χ3v) is 2.55. The Kier molecular flexibility index (Phi) is 7.62. The molecule has 0 heteroatoms. The summed E-state index contributed by atoms with van der Waals surface area (Å²) in [5, 5.41) is 0. The van der Waals surface area contributed by atoms with Gasteiger partial charge in [-0.05, 0) is 57.3 Å². The molecule has 0 nitrogen and oxygen atoms in total. The second kappa shape index (κ2) is 8.15. The first-order valence-electron chi connectivity index (χ1n) is 6.34. The minimum Gasteiger partial charge on any atom is -0.0870 e. The third-order valence-electron chi connectivity index (χ3n) is 2.55. The molecule has 0 fully saturated rings. The van der Waals surface area contributed by atoms with E-state index in [0.29, 0.717) is 0 Å². The molecular formula is C16H26. The molecule has 0 amide bonds. The van der Waals surface area contributed by atoms with Crippen molar-refractivity contribution >= 4 is 0 Å². The molecule has 0 radical (unpaired) electrons. The van der Waals surface area contributed by atoms with Gasteiger partial charge in [0.05, 0.1) is 0 Å². The summed E-state index contributed by atoms with van der Waals surface area (Å²) in [4.78, 5) is 0. The fourth-order valence-corrected chi connectivity index (χ4v) is 1.81. The summed E-state index contributed by atoms with van der Waals surface area (Å²) in [7, 11) is 0. The summed E-state index contributed by atoms with van der Waals surface area (Å²) < 4.78 is 0. The monoisotopic (exact) mass is 218 g/mol. The van der Waals surface area contributed by atoms with Crippen LogP contribution in [0.25, 0.3) is 0 Å². The predicted octanol–water partition coefficient (Wildman–Crippen LogP) is 5.59. The topological polar surface area (TPSA) is 0 Å². The van der Waals surface area contributed by atoms with Gasteiger partial charge in [0.25, 0.3) is 0 Å². The molecule has 0 atom stereocenters. The van der Waals surface area contributed by atoms with Crippen LogP contribution in [0, 0.1) is 0 Å². The van der Waals surface area contributed by atoms with Gasteiger partial charge in [0.2, 0.25) is 0 Å². The molecule has 0 aliphatic heterocycles. The molecule has 0 aromatic heterocycles. The van der Waals surface area contributed by atoms with Crippen molar-refractivity contribution in [2.75, 3.05) is 0 Å². The molecule has 1 aliphatic carbocycles. The van der Waals surface area contributed by atoms with Crippen LogP contribution < -0.4 is 0 Å². The molecular weight excluding hydrogens is 192 g/mol. The van der Waals surface area contributed by atoms with E-state index < -0.39 is 0 Å². The summed E-state index contributed by atoms with van der Waals surface area (Å²) in [6.07, 6.45) is 11.4. The lowest BCUT2D eigenvalue weighted by atomic mass is 9.90. The Bertz CT molecular complexity index is 318. The van der Waals surface area contributed by atoms with E-state index in [0.717, 1.165) is 0 Å². The molecule has 0 heterocycles. The van der Waals surface area contributed by atoms with Gasteiger partial charge >= 0.3 is 0 Å². The van der Waals surface area contributed by atoms with Crippen molar-refractivity contribution in [2.45, 2.75) is 54.4 Å². The molecule has 0 aromatic carbocycles. The fourth-order valence-electron chi connectivity index (χ4n) is 1.81. The molecule has 0 unspecified atom stereocenters. The molecule has 1 rings (SSSR count). The van der Waals surface area contributed by atoms with Crippen molar-refractivity contribution in [1.29, 1.82) is 0 Å². The van der Waals surface area contributed by atoms with Crippen molar-refractivity contribution in [1.82, 2.24) is 0 Å². The molecule has 0 bridgehead atoms. The van der Waals surface area contributed by atoms with Gasteiger partial charge < -0.3 is 0 Å². The molecule has 1 aliphatic rings. The average molecular weight is 218 g/mol. The fraction of sp³-hybridized carbons (Fsp3) is 0.500. The number of hydrogen-bond acceptors (Lipinski definition) is 0. The van der Waals surface area contributed by atoms with Crippen LogP contribution >= 0.6 is 0 Å². The summed E-state index contributed by atoms with van der Waals surface area (Å²) >= 11 is 0. The maximum Gasteiger partial charge on any atom is -0.0199 e. The smallest absolute Gasteiger partial charge is 0.0199 e. The molecule has 0 saturated carbocycles. The Balaban J connectivity index is 0.00000106. The quantitative estimate of drug-likeness (QED) is 0.530. The van der Waals surface area contributed by atoms with E-state index in [-0.39, 0.29) is 0 Å². The Morgan fingerprint density at radius 3 is 2.12 bits per heavy atom. The maximum absolute atomic E-state index is 2.36. The summed E-state index contributed by atoms with van der Waals surface area (Å²) in [6.45, 7) is 12.6. The normalized spacial score (nSPS) is 14.9. The second-order valence-corrected chi connectivity index (χ2v) is 4.00. The highest BCUT2D eigenvalue weighted by atomic mass is 14.1. The molecule has 0 aromatic rings. The molecule has 0 saturated heterocycles. The Morgan fingerprint density at radius 2 is 1.69 bits per heavy atom. The first-order chi connectivity index (χ1) is 7.66. The molecule has 0 N–H and O–H groups in total. The van der Waals surface area contributed by atoms with Gasteiger partial charge in [-0.15, -0.1) is 0 Å². The van der Waals surface area contributed by atoms with Gasteiger partial charge in [0.15, 0.2) is 0 Å². The van der Waals surface area contributed by atoms with E-state index in [4.69, 9.17) is 0 Å². The van der Waals surface area contributed by atoms with Gasteiger partial charge in [-0.2, -0.15) is 0 Å². The zero-order valence-electron chi connectivity index (χ0n) is 11.7. The third kappa shape index (κ3) is 4.22. The SMILES string of the molecule is C/C=C\C(C1=CCCC=C1C)=C(C)C.CC. The lowest BCUT2D eigenvalue weighted by Crippen LogP contribution is -1.96. The van der Waals surface area contributed by atoms with Crippen LogP contribution in [0.1, 0.15) is 54.4 Å². The van der Waals surface area contributed by atoms with Crippen molar-refractivity contribution in [3.63, 3.8) is 0 Å². The number of rotatable bonds is 2. The summed E-state index contributed by atoms with van der Waals surface area (Å²) in [6, 6.07) is 0. The molecule has 90 valence electrons. The highest BCUT2D eigenvalue weighted by Crippen LogP contribution is 2.27. The van der Waals surface area contributed by atoms with E-state index >= 15 is 0 Å². The van der Waals surface area contributed by atoms with Crippen molar-refractivity contribution in [3.8, 4) is 0 Å². The zero-order chi connectivity index (χ0) is 12.6. The van der Waals surface area contributed by atoms with Crippen LogP contribution in [-0.2, 0) is 0 Å². The van der Waals surface area contributed by atoms with Gasteiger partial charge in [-0.1, -0.05) is 43.7 Å². The predicted molar refractivity (Wildman–Crippen MR) is 75.6 cm³/mol. The highest BCUT2D eigenvalue weighted by molar-refractivity contribution is 5.53. The van der Waals surface area contributed by atoms with Gasteiger partial charge in [-0.25, -0.2) is 0 Å². The van der Waals surface area contributed by atoms with E-state index in [1.807, 2.05) is 13.8 Å². The average Bonchev–Trinajstić information content (AvgIpc) is 2.29. The lowest BCUT2D eigenvalue weighted by molar-refractivity contribution is 0.993. The van der Waals surface area contributed by atoms with E-state index in [9.17, 15) is 0 Å². The van der Waals surface area contributed by atoms with Crippen molar-refractivity contribution in [2.24, 2.45) is 0 Å². The lowest BCUT2D eigenvalue weighted by Gasteiger charge is -2.15. The van der Waals surface area contributed by atoms with E-state index in [1.165, 1.54) is 35.1 Å². The maximum atomic E-state index is 2.36. The Morgan fingerprint density at radius 1 is 1.12 bits per heavy atom. The minimum atomic E-state index is 1.18. The number of allylic oxidation sites excluding steroid dienone is 8. The zero-order valence-corrected chi connectivity index (χ0v) is 11.7. The van der Waals surface area contributed by atoms with E-state index in [2.05, 4.69) is 52.0 Å². The summed E-state index contributed by atoms with van der Waals surface area (Å²) in [5.41, 5.74) is 5.63. The Labute approximate surface area is 101 Å². The van der Waals surface area contributed by atoms with Crippen LogP contribution in [0.3, 0.4) is 0 Å². The van der Waals surface area contributed by atoms with Crippen LogP contribution in [-0.4, -0.2) is 0 Å². The van der Waals surface area contributed by atoms with Crippen LogP contribution in [0.2, 0.25) is 0 Å². The molecule has 0 spiro atoms. The first-order valence-corrected chi connectivity index (χ1v) is 6.34. The second-order valence-electron chi connectivity index (χ2n) is 4.00. The van der Waals surface area contributed by atoms with Crippen LogP contribution in [0.15, 0.2) is 46.6 Å². The summed E-state index contributed by atoms with van der Waals surface area (Å²) in [5.74, 6) is 0. The first kappa shape index (κ1) is 15.0. The van der Waals surface area contributed by atoms with Crippen molar-refractivity contribution < 1.29 is 0 Å². The van der Waals surface area contributed by atoms with Crippen LogP contribution in [0.4, 0.5) is 0 Å². The molecule has 16 heavy (non-hydrogen) atoms. The standard InChI is InChI=1S/C14H20.C2H6/c1-5-8-13(11(2)3)14-10-7-6-9-12(14)4;1-2/h5,8-10H,6-7H2,1-4H3;1-2H3/b8-5-;. The van der Waals surface area contributed by atoms with Crippen molar-refractivity contribution in [3.05, 3.63) is 46.6 Å². The van der Waals surface area contributed by atoms with Gasteiger partial charge in [-0.3, -0.25) is 0 Å². The minimum absolute atomic E-state index is 1.18. The Hall–Kier alpha value is -1.04. The largest absolute Gasteiger partial charge is 0.0870 e. The van der Waals surface area contributed by atoms with E-state index in [1.54, 1.807) is 0 Å². The van der Waals surface area contributed by atoms with Crippen LogP contribution in [0.5, 0.6) is 0 Å². The number of hydrogen-bond donors (Lipinski definition) is 0. The highest BCUT2D eigenvalue weighted by Gasteiger charge is 2.08. The van der Waals surface area contributed by atoms with Gasteiger partial charge in [0, 0.05) is 0 Å².